The fourth-order valence-corrected chi connectivity index (χ4v) is 1.59. The second-order valence-electron chi connectivity index (χ2n) is 2.27. The van der Waals surface area contributed by atoms with Gasteiger partial charge in [-0.2, -0.15) is 0 Å². The molecule has 0 N–H and O–H groups in total. The lowest BCUT2D eigenvalue weighted by Gasteiger charge is -2.14. The molecule has 0 saturated heterocycles. The first-order chi connectivity index (χ1) is 5.55. The predicted molar refractivity (Wildman–Crippen MR) is 41.5 cm³/mol. The maximum atomic E-state index is 11.0. The standard InChI is InChI=1S/C6H7N2O3S/c1-12(9,10)5-3-2-4-11-6(5)8-7/h2-4,6H,1H3. The monoisotopic (exact) mass is 187 g/mol. The lowest BCUT2D eigenvalue weighted by Crippen LogP contribution is -2.19. The molecule has 0 aromatic rings. The summed E-state index contributed by atoms with van der Waals surface area (Å²) in [5.41, 5.74) is 8.39. The average Bonchev–Trinajstić information content (AvgIpc) is 2.03. The number of ether oxygens (including phenoxy) is 1. The molecule has 0 saturated carbocycles. The SMILES string of the molecule is CS(=O)(=O)C1=CC=COC1N=[N]. The van der Waals surface area contributed by atoms with Crippen molar-refractivity contribution in [2.75, 3.05) is 6.26 Å². The minimum atomic E-state index is -3.36. The molecule has 0 spiro atoms. The summed E-state index contributed by atoms with van der Waals surface area (Å²) < 4.78 is 26.7. The first kappa shape index (κ1) is 8.92. The molecule has 65 valence electrons. The molecule has 12 heavy (non-hydrogen) atoms. The third-order valence-electron chi connectivity index (χ3n) is 1.32. The van der Waals surface area contributed by atoms with E-state index in [1.54, 1.807) is 0 Å². The zero-order valence-electron chi connectivity index (χ0n) is 6.34. The lowest BCUT2D eigenvalue weighted by atomic mass is 10.4. The van der Waals surface area contributed by atoms with Crippen LogP contribution in [0.1, 0.15) is 0 Å². The van der Waals surface area contributed by atoms with Gasteiger partial charge in [0.15, 0.2) is 9.84 Å². The van der Waals surface area contributed by atoms with Crippen LogP contribution in [0, 0.1) is 0 Å². The third-order valence-corrected chi connectivity index (χ3v) is 2.52. The Bertz CT molecular complexity index is 342. The van der Waals surface area contributed by atoms with Gasteiger partial charge in [0.05, 0.1) is 6.26 Å². The number of nitrogens with zero attached hydrogens (tertiary/aromatic N) is 2. The molecule has 0 aromatic carbocycles. The van der Waals surface area contributed by atoms with Gasteiger partial charge in [0.25, 0.3) is 0 Å². The maximum absolute atomic E-state index is 11.0. The molecule has 1 heterocycles. The maximum Gasteiger partial charge on any atom is 0.246 e. The highest BCUT2D eigenvalue weighted by Crippen LogP contribution is 2.18. The van der Waals surface area contributed by atoms with Gasteiger partial charge in [0, 0.05) is 6.26 Å². The Kier molecular flexibility index (Phi) is 2.27. The van der Waals surface area contributed by atoms with Gasteiger partial charge in [-0.3, -0.25) is 0 Å². The van der Waals surface area contributed by atoms with Crippen LogP contribution in [0.15, 0.2) is 28.4 Å². The molecule has 1 radical (unpaired) electrons. The number of hydrogen-bond donors (Lipinski definition) is 0. The summed E-state index contributed by atoms with van der Waals surface area (Å²) in [6.45, 7) is 0. The average molecular weight is 187 g/mol. The van der Waals surface area contributed by atoms with E-state index < -0.39 is 16.1 Å². The van der Waals surface area contributed by atoms with Crippen molar-refractivity contribution in [2.24, 2.45) is 5.11 Å². The largest absolute Gasteiger partial charge is 0.470 e. The van der Waals surface area contributed by atoms with E-state index in [1.807, 2.05) is 0 Å². The van der Waals surface area contributed by atoms with Crippen LogP contribution in [0.4, 0.5) is 0 Å². The molecular weight excluding hydrogens is 180 g/mol. The van der Waals surface area contributed by atoms with Crippen molar-refractivity contribution < 1.29 is 13.2 Å². The smallest absolute Gasteiger partial charge is 0.246 e. The third kappa shape index (κ3) is 1.70. The van der Waals surface area contributed by atoms with E-state index in [0.717, 1.165) is 6.26 Å². The molecule has 0 fully saturated rings. The number of sulfone groups is 1. The minimum absolute atomic E-state index is 0.0486. The fraction of sp³-hybridized carbons (Fsp3) is 0.333. The predicted octanol–water partition coefficient (Wildman–Crippen LogP) is 0.0372. The van der Waals surface area contributed by atoms with E-state index >= 15 is 0 Å². The number of hydrogen-bond acceptors (Lipinski definition) is 4. The molecule has 1 rings (SSSR count). The van der Waals surface area contributed by atoms with Crippen molar-refractivity contribution in [3.8, 4) is 0 Å². The van der Waals surface area contributed by atoms with Crippen molar-refractivity contribution in [3.05, 3.63) is 23.3 Å². The van der Waals surface area contributed by atoms with Crippen molar-refractivity contribution in [1.29, 1.82) is 0 Å². The molecule has 1 aliphatic heterocycles. The Hall–Kier alpha value is -1.17. The van der Waals surface area contributed by atoms with Crippen molar-refractivity contribution in [1.82, 2.24) is 5.53 Å². The molecule has 0 aromatic heterocycles. The van der Waals surface area contributed by atoms with Crippen LogP contribution in [0.25, 0.3) is 0 Å². The van der Waals surface area contributed by atoms with E-state index in [-0.39, 0.29) is 4.91 Å². The second-order valence-corrected chi connectivity index (χ2v) is 4.29. The van der Waals surface area contributed by atoms with Gasteiger partial charge in [0.1, 0.15) is 4.91 Å². The van der Waals surface area contributed by atoms with Crippen LogP contribution >= 0.6 is 0 Å². The van der Waals surface area contributed by atoms with Gasteiger partial charge in [-0.1, -0.05) is 0 Å². The molecule has 1 atom stereocenters. The molecular formula is C6H7N2O3S. The molecule has 0 aliphatic carbocycles. The summed E-state index contributed by atoms with van der Waals surface area (Å²) in [5, 5.41) is 2.77. The highest BCUT2D eigenvalue weighted by molar-refractivity contribution is 7.94. The lowest BCUT2D eigenvalue weighted by molar-refractivity contribution is 0.180. The van der Waals surface area contributed by atoms with Crippen LogP contribution in [0.5, 0.6) is 0 Å². The first-order valence-corrected chi connectivity index (χ1v) is 5.01. The normalized spacial score (nSPS) is 22.8. The Morgan fingerprint density at radius 2 is 2.33 bits per heavy atom. The van der Waals surface area contributed by atoms with Crippen molar-refractivity contribution in [3.63, 3.8) is 0 Å². The van der Waals surface area contributed by atoms with Crippen LogP contribution in [0.3, 0.4) is 0 Å². The fourth-order valence-electron chi connectivity index (χ4n) is 0.794. The molecule has 5 nitrogen and oxygen atoms in total. The van der Waals surface area contributed by atoms with E-state index in [0.29, 0.717) is 0 Å². The summed E-state index contributed by atoms with van der Waals surface area (Å²) in [6.07, 6.45) is 3.94. The van der Waals surface area contributed by atoms with Crippen molar-refractivity contribution >= 4 is 9.84 Å². The summed E-state index contributed by atoms with van der Waals surface area (Å²) in [5.74, 6) is 0. The Morgan fingerprint density at radius 1 is 1.67 bits per heavy atom. The van der Waals surface area contributed by atoms with Crippen LogP contribution in [-0.4, -0.2) is 20.9 Å². The van der Waals surface area contributed by atoms with Crippen LogP contribution in [-0.2, 0) is 14.6 Å². The van der Waals surface area contributed by atoms with Gasteiger partial charge in [-0.05, 0) is 17.7 Å². The Morgan fingerprint density at radius 3 is 2.75 bits per heavy atom. The van der Waals surface area contributed by atoms with Gasteiger partial charge in [-0.15, -0.1) is 5.11 Å². The summed E-state index contributed by atoms with van der Waals surface area (Å²) in [6, 6.07) is 0. The van der Waals surface area contributed by atoms with Gasteiger partial charge in [0.2, 0.25) is 6.23 Å². The van der Waals surface area contributed by atoms with Gasteiger partial charge < -0.3 is 4.74 Å². The quantitative estimate of drug-likeness (QED) is 0.572. The van der Waals surface area contributed by atoms with Crippen LogP contribution in [0.2, 0.25) is 0 Å². The first-order valence-electron chi connectivity index (χ1n) is 3.12. The van der Waals surface area contributed by atoms with Gasteiger partial charge in [-0.25, -0.2) is 8.42 Å². The highest BCUT2D eigenvalue weighted by atomic mass is 32.2. The van der Waals surface area contributed by atoms with E-state index in [2.05, 4.69) is 5.11 Å². The van der Waals surface area contributed by atoms with Crippen LogP contribution < -0.4 is 5.53 Å². The highest BCUT2D eigenvalue weighted by Gasteiger charge is 2.24. The molecule has 0 amide bonds. The Balaban J connectivity index is 3.08. The molecule has 1 unspecified atom stereocenters. The summed E-state index contributed by atoms with van der Waals surface area (Å²) >= 11 is 0. The minimum Gasteiger partial charge on any atom is -0.470 e. The van der Waals surface area contributed by atoms with Gasteiger partial charge >= 0.3 is 0 Å². The second kappa shape index (κ2) is 3.06. The molecule has 6 heteroatoms. The Labute approximate surface area is 70.2 Å². The zero-order valence-corrected chi connectivity index (χ0v) is 7.15. The van der Waals surface area contributed by atoms with E-state index in [1.165, 1.54) is 18.4 Å². The molecule has 1 aliphatic rings. The topological polar surface area (TPSA) is 78.0 Å². The van der Waals surface area contributed by atoms with E-state index in [4.69, 9.17) is 10.3 Å². The summed E-state index contributed by atoms with van der Waals surface area (Å²) in [4.78, 5) is -0.0486. The number of allylic oxidation sites excluding steroid dienone is 2. The van der Waals surface area contributed by atoms with E-state index in [9.17, 15) is 8.42 Å². The molecule has 0 bridgehead atoms. The van der Waals surface area contributed by atoms with Crippen molar-refractivity contribution in [2.45, 2.75) is 6.23 Å². The summed E-state index contributed by atoms with van der Waals surface area (Å²) in [7, 11) is -3.36. The number of rotatable bonds is 2. The zero-order chi connectivity index (χ0) is 9.19.